The maximum atomic E-state index is 12.4. The highest BCUT2D eigenvalue weighted by Crippen LogP contribution is 2.34. The van der Waals surface area contributed by atoms with Crippen LogP contribution in [0.4, 0.5) is 4.79 Å². The maximum Gasteiger partial charge on any atom is 0.338 e. The van der Waals surface area contributed by atoms with Gasteiger partial charge in [0.05, 0.1) is 28.3 Å². The van der Waals surface area contributed by atoms with E-state index in [1.807, 2.05) is 6.92 Å². The van der Waals surface area contributed by atoms with Crippen molar-refractivity contribution in [2.45, 2.75) is 26.8 Å². The van der Waals surface area contributed by atoms with Crippen LogP contribution in [0.3, 0.4) is 0 Å². The summed E-state index contributed by atoms with van der Waals surface area (Å²) in [6.07, 6.45) is 0. The van der Waals surface area contributed by atoms with Crippen molar-refractivity contribution in [3.05, 3.63) is 45.1 Å². The fraction of sp³-hybridized carbons (Fsp3) is 0.375. The van der Waals surface area contributed by atoms with Crippen molar-refractivity contribution in [1.82, 2.24) is 10.2 Å². The van der Waals surface area contributed by atoms with Crippen LogP contribution in [-0.2, 0) is 9.53 Å². The summed E-state index contributed by atoms with van der Waals surface area (Å²) in [4.78, 5) is 26.2. The maximum absolute atomic E-state index is 12.4. The van der Waals surface area contributed by atoms with Crippen molar-refractivity contribution >= 4 is 35.2 Å². The lowest BCUT2D eigenvalue weighted by molar-refractivity contribution is -0.139. The SMILES string of the molecule is CCOC(=O)C1=C(C)N(CC)C(=O)NC1c1ccc(Cl)c(Cl)c1. The van der Waals surface area contributed by atoms with E-state index in [1.165, 1.54) is 4.90 Å². The van der Waals surface area contributed by atoms with Crippen LogP contribution in [-0.4, -0.2) is 30.1 Å². The molecule has 0 bridgehead atoms. The average Bonchev–Trinajstić information content (AvgIpc) is 2.50. The van der Waals surface area contributed by atoms with Gasteiger partial charge in [0.25, 0.3) is 0 Å². The molecule has 2 amide bonds. The molecule has 1 aromatic rings. The van der Waals surface area contributed by atoms with Crippen LogP contribution in [0.15, 0.2) is 29.5 Å². The smallest absolute Gasteiger partial charge is 0.338 e. The zero-order valence-corrected chi connectivity index (χ0v) is 14.7. The van der Waals surface area contributed by atoms with Crippen molar-refractivity contribution in [1.29, 1.82) is 0 Å². The van der Waals surface area contributed by atoms with Gasteiger partial charge in [-0.05, 0) is 38.5 Å². The van der Waals surface area contributed by atoms with Crippen molar-refractivity contribution in [3.8, 4) is 0 Å². The van der Waals surface area contributed by atoms with Gasteiger partial charge in [0.1, 0.15) is 0 Å². The quantitative estimate of drug-likeness (QED) is 0.831. The molecule has 0 fully saturated rings. The molecule has 1 aliphatic rings. The summed E-state index contributed by atoms with van der Waals surface area (Å²) in [6.45, 7) is 6.02. The average molecular weight is 357 g/mol. The van der Waals surface area contributed by atoms with Crippen LogP contribution in [0.1, 0.15) is 32.4 Å². The molecule has 5 nitrogen and oxygen atoms in total. The van der Waals surface area contributed by atoms with Crippen LogP contribution in [0, 0.1) is 0 Å². The second-order valence-corrected chi connectivity index (χ2v) is 5.83. The number of hydrogen-bond acceptors (Lipinski definition) is 3. The monoisotopic (exact) mass is 356 g/mol. The normalized spacial score (nSPS) is 18.0. The number of allylic oxidation sites excluding steroid dienone is 1. The molecule has 2 rings (SSSR count). The molecule has 1 heterocycles. The highest BCUT2D eigenvalue weighted by atomic mass is 35.5. The van der Waals surface area contributed by atoms with E-state index in [4.69, 9.17) is 27.9 Å². The summed E-state index contributed by atoms with van der Waals surface area (Å²) in [5, 5.41) is 3.59. The van der Waals surface area contributed by atoms with Gasteiger partial charge in [-0.15, -0.1) is 0 Å². The molecule has 124 valence electrons. The van der Waals surface area contributed by atoms with Crippen LogP contribution >= 0.6 is 23.2 Å². The molecule has 0 spiro atoms. The minimum atomic E-state index is -0.626. The summed E-state index contributed by atoms with van der Waals surface area (Å²) in [7, 11) is 0. The number of amides is 2. The fourth-order valence-corrected chi connectivity index (χ4v) is 2.88. The lowest BCUT2D eigenvalue weighted by Crippen LogP contribution is -2.47. The van der Waals surface area contributed by atoms with Gasteiger partial charge >= 0.3 is 12.0 Å². The first-order valence-corrected chi connectivity index (χ1v) is 8.07. The lowest BCUT2D eigenvalue weighted by Gasteiger charge is -2.34. The molecular formula is C16H18Cl2N2O3. The van der Waals surface area contributed by atoms with Gasteiger partial charge in [-0.3, -0.25) is 4.90 Å². The third kappa shape index (κ3) is 3.46. The number of carbonyl (C=O) groups is 2. The number of ether oxygens (including phenoxy) is 1. The Labute approximate surface area is 145 Å². The third-order valence-corrected chi connectivity index (χ3v) is 4.42. The van der Waals surface area contributed by atoms with Crippen molar-refractivity contribution < 1.29 is 14.3 Å². The van der Waals surface area contributed by atoms with E-state index in [2.05, 4.69) is 5.32 Å². The van der Waals surface area contributed by atoms with Gasteiger partial charge in [0, 0.05) is 12.2 Å². The minimum Gasteiger partial charge on any atom is -0.463 e. The third-order valence-electron chi connectivity index (χ3n) is 3.68. The van der Waals surface area contributed by atoms with Crippen LogP contribution in [0.2, 0.25) is 10.0 Å². The van der Waals surface area contributed by atoms with E-state index in [1.54, 1.807) is 32.0 Å². The van der Waals surface area contributed by atoms with Gasteiger partial charge in [-0.1, -0.05) is 29.3 Å². The number of carbonyl (C=O) groups excluding carboxylic acids is 2. The Hall–Kier alpha value is -1.72. The molecule has 7 heteroatoms. The molecule has 1 aliphatic heterocycles. The van der Waals surface area contributed by atoms with Gasteiger partial charge in [0.2, 0.25) is 0 Å². The Morgan fingerprint density at radius 2 is 2.00 bits per heavy atom. The van der Waals surface area contributed by atoms with E-state index in [0.29, 0.717) is 33.4 Å². The summed E-state index contributed by atoms with van der Waals surface area (Å²) in [6, 6.07) is 4.11. The molecule has 0 aromatic heterocycles. The second-order valence-electron chi connectivity index (χ2n) is 5.02. The topological polar surface area (TPSA) is 58.6 Å². The van der Waals surface area contributed by atoms with E-state index >= 15 is 0 Å². The predicted molar refractivity (Wildman–Crippen MR) is 89.4 cm³/mol. The lowest BCUT2D eigenvalue weighted by atomic mass is 9.95. The number of nitrogens with zero attached hydrogens (tertiary/aromatic N) is 1. The number of rotatable bonds is 4. The molecule has 0 saturated heterocycles. The molecule has 1 N–H and O–H groups in total. The first-order chi connectivity index (χ1) is 10.9. The Morgan fingerprint density at radius 1 is 1.30 bits per heavy atom. The minimum absolute atomic E-state index is 0.254. The van der Waals surface area contributed by atoms with Crippen molar-refractivity contribution in [2.75, 3.05) is 13.2 Å². The molecule has 23 heavy (non-hydrogen) atoms. The first-order valence-electron chi connectivity index (χ1n) is 7.31. The first kappa shape index (κ1) is 17.6. The number of nitrogens with one attached hydrogen (secondary N) is 1. The summed E-state index contributed by atoms with van der Waals surface area (Å²) in [5.41, 5.74) is 1.64. The standard InChI is InChI=1S/C16H18Cl2N2O3/c1-4-20-9(3)13(15(21)23-5-2)14(19-16(20)22)10-6-7-11(17)12(18)8-10/h6-8,14H,4-5H2,1-3H3,(H,19,22). The predicted octanol–water partition coefficient (Wildman–Crippen LogP) is 3.92. The molecule has 0 radical (unpaired) electrons. The molecular weight excluding hydrogens is 339 g/mol. The Kier molecular flexibility index (Phi) is 5.55. The highest BCUT2D eigenvalue weighted by Gasteiger charge is 2.35. The number of urea groups is 1. The number of benzene rings is 1. The second kappa shape index (κ2) is 7.23. The van der Waals surface area contributed by atoms with E-state index in [9.17, 15) is 9.59 Å². The summed E-state index contributed by atoms with van der Waals surface area (Å²) >= 11 is 12.0. The number of hydrogen-bond donors (Lipinski definition) is 1. The number of halogens is 2. The molecule has 1 atom stereocenters. The van der Waals surface area contributed by atoms with E-state index < -0.39 is 12.0 Å². The summed E-state index contributed by atoms with van der Waals surface area (Å²) < 4.78 is 5.15. The zero-order valence-electron chi connectivity index (χ0n) is 13.2. The zero-order chi connectivity index (χ0) is 17.1. The van der Waals surface area contributed by atoms with Crippen LogP contribution < -0.4 is 5.32 Å². The van der Waals surface area contributed by atoms with Crippen molar-refractivity contribution in [3.63, 3.8) is 0 Å². The Balaban J connectivity index is 2.54. The van der Waals surface area contributed by atoms with Gasteiger partial charge < -0.3 is 10.1 Å². The molecule has 0 aliphatic carbocycles. The summed E-state index contributed by atoms with van der Waals surface area (Å²) in [5.74, 6) is -0.459. The van der Waals surface area contributed by atoms with Gasteiger partial charge in [-0.25, -0.2) is 9.59 Å². The Bertz CT molecular complexity index is 673. The van der Waals surface area contributed by atoms with Gasteiger partial charge in [0.15, 0.2) is 0 Å². The number of esters is 1. The highest BCUT2D eigenvalue weighted by molar-refractivity contribution is 6.42. The van der Waals surface area contributed by atoms with Crippen LogP contribution in [0.25, 0.3) is 0 Å². The van der Waals surface area contributed by atoms with Crippen molar-refractivity contribution in [2.24, 2.45) is 0 Å². The molecule has 1 aromatic carbocycles. The van der Waals surface area contributed by atoms with E-state index in [-0.39, 0.29) is 12.6 Å². The van der Waals surface area contributed by atoms with E-state index in [0.717, 1.165) is 0 Å². The van der Waals surface area contributed by atoms with Gasteiger partial charge in [-0.2, -0.15) is 0 Å². The molecule has 1 unspecified atom stereocenters. The molecule has 0 saturated carbocycles. The fourth-order valence-electron chi connectivity index (χ4n) is 2.58. The van der Waals surface area contributed by atoms with Crippen LogP contribution in [0.5, 0.6) is 0 Å². The Morgan fingerprint density at radius 3 is 2.57 bits per heavy atom. The largest absolute Gasteiger partial charge is 0.463 e.